The van der Waals surface area contributed by atoms with E-state index in [1.54, 1.807) is 19.1 Å². The minimum absolute atomic E-state index is 0.130. The quantitative estimate of drug-likeness (QED) is 0.706. The van der Waals surface area contributed by atoms with Gasteiger partial charge in [-0.15, -0.1) is 0 Å². The van der Waals surface area contributed by atoms with Gasteiger partial charge in [0.15, 0.2) is 11.6 Å². The van der Waals surface area contributed by atoms with Crippen LogP contribution in [0, 0.1) is 24.4 Å². The molecule has 0 unspecified atom stereocenters. The lowest BCUT2D eigenvalue weighted by molar-refractivity contribution is 0.515. The molecule has 5 heteroatoms. The molecule has 0 saturated heterocycles. The van der Waals surface area contributed by atoms with E-state index < -0.39 is 17.5 Å². The van der Waals surface area contributed by atoms with E-state index in [2.05, 4.69) is 9.97 Å². The number of aromatic nitrogens is 2. The third-order valence-corrected chi connectivity index (χ3v) is 2.93. The summed E-state index contributed by atoms with van der Waals surface area (Å²) in [4.78, 5) is 6.71. The Morgan fingerprint density at radius 1 is 1.00 bits per heavy atom. The number of H-pyrrole nitrogens is 1. The Balaban J connectivity index is 2.23. The van der Waals surface area contributed by atoms with E-state index in [-0.39, 0.29) is 16.9 Å². The third-order valence-electron chi connectivity index (χ3n) is 2.93. The molecule has 0 aliphatic carbocycles. The minimum Gasteiger partial charge on any atom is -0.338 e. The summed E-state index contributed by atoms with van der Waals surface area (Å²) in [5, 5.41) is 0. The van der Waals surface area contributed by atoms with Crippen LogP contribution in [-0.4, -0.2) is 9.97 Å². The molecule has 0 fully saturated rings. The first-order valence-corrected chi connectivity index (χ1v) is 5.66. The van der Waals surface area contributed by atoms with Crippen LogP contribution in [0.2, 0.25) is 0 Å². The Kier molecular flexibility index (Phi) is 2.55. The molecule has 0 radical (unpaired) electrons. The van der Waals surface area contributed by atoms with Gasteiger partial charge in [0.2, 0.25) is 0 Å². The topological polar surface area (TPSA) is 28.7 Å². The number of rotatable bonds is 1. The number of benzene rings is 2. The molecular formula is C14H9F3N2. The number of imidazole rings is 1. The Bertz CT molecular complexity index is 778. The lowest BCUT2D eigenvalue weighted by Gasteiger charge is -2.00. The highest BCUT2D eigenvalue weighted by atomic mass is 19.2. The van der Waals surface area contributed by atoms with E-state index in [0.29, 0.717) is 5.52 Å². The van der Waals surface area contributed by atoms with Gasteiger partial charge >= 0.3 is 0 Å². The van der Waals surface area contributed by atoms with E-state index in [0.717, 1.165) is 11.6 Å². The van der Waals surface area contributed by atoms with Crippen LogP contribution in [0.1, 0.15) is 5.56 Å². The summed E-state index contributed by atoms with van der Waals surface area (Å²) in [5.41, 5.74) is 1.19. The van der Waals surface area contributed by atoms with E-state index in [9.17, 15) is 13.2 Å². The summed E-state index contributed by atoms with van der Waals surface area (Å²) >= 11 is 0. The summed E-state index contributed by atoms with van der Waals surface area (Å²) in [7, 11) is 0. The molecule has 0 saturated carbocycles. The third kappa shape index (κ3) is 1.87. The fourth-order valence-electron chi connectivity index (χ4n) is 1.96. The van der Waals surface area contributed by atoms with Gasteiger partial charge in [-0.3, -0.25) is 0 Å². The number of fused-ring (bicyclic) bond motifs is 1. The van der Waals surface area contributed by atoms with Crippen molar-refractivity contribution in [3.05, 3.63) is 53.3 Å². The normalized spacial score (nSPS) is 11.2. The van der Waals surface area contributed by atoms with Gasteiger partial charge in [0.05, 0.1) is 11.1 Å². The average molecular weight is 262 g/mol. The maximum absolute atomic E-state index is 13.8. The Hall–Kier alpha value is -2.30. The number of aromatic amines is 1. The van der Waals surface area contributed by atoms with Gasteiger partial charge in [-0.05, 0) is 36.8 Å². The first-order valence-electron chi connectivity index (χ1n) is 5.66. The monoisotopic (exact) mass is 262 g/mol. The van der Waals surface area contributed by atoms with Gasteiger partial charge in [0, 0.05) is 0 Å². The fraction of sp³-hybridized carbons (Fsp3) is 0.0714. The predicted octanol–water partition coefficient (Wildman–Crippen LogP) is 3.96. The maximum Gasteiger partial charge on any atom is 0.186 e. The lowest BCUT2D eigenvalue weighted by Crippen LogP contribution is -1.87. The zero-order valence-corrected chi connectivity index (χ0v) is 9.97. The van der Waals surface area contributed by atoms with Crippen LogP contribution in [0.4, 0.5) is 13.2 Å². The molecule has 1 N–H and O–H groups in total. The fourth-order valence-corrected chi connectivity index (χ4v) is 1.96. The molecule has 2 nitrogen and oxygen atoms in total. The SMILES string of the molecule is Cc1ccc(-c2nc3c(F)c(F)ccc3[nH]2)c(F)c1. The van der Waals surface area contributed by atoms with E-state index in [1.807, 2.05) is 0 Å². The molecule has 0 bridgehead atoms. The lowest BCUT2D eigenvalue weighted by atomic mass is 10.1. The molecule has 3 rings (SSSR count). The number of hydrogen-bond acceptors (Lipinski definition) is 1. The zero-order valence-electron chi connectivity index (χ0n) is 9.97. The smallest absolute Gasteiger partial charge is 0.186 e. The summed E-state index contributed by atoms with van der Waals surface area (Å²) in [5.74, 6) is -2.29. The Morgan fingerprint density at radius 2 is 1.79 bits per heavy atom. The molecule has 0 aliphatic heterocycles. The molecule has 1 aromatic heterocycles. The second-order valence-corrected chi connectivity index (χ2v) is 4.33. The number of hydrogen-bond donors (Lipinski definition) is 1. The summed E-state index contributed by atoms with van der Waals surface area (Å²) in [6, 6.07) is 7.01. The van der Waals surface area contributed by atoms with Crippen LogP contribution in [0.15, 0.2) is 30.3 Å². The summed E-state index contributed by atoms with van der Waals surface area (Å²) in [6.07, 6.45) is 0. The van der Waals surface area contributed by atoms with Crippen LogP contribution < -0.4 is 0 Å². The average Bonchev–Trinajstić information content (AvgIpc) is 2.78. The highest BCUT2D eigenvalue weighted by molar-refractivity contribution is 5.80. The van der Waals surface area contributed by atoms with Crippen molar-refractivity contribution in [2.75, 3.05) is 0 Å². The van der Waals surface area contributed by atoms with Gasteiger partial charge in [-0.2, -0.15) is 0 Å². The van der Waals surface area contributed by atoms with E-state index >= 15 is 0 Å². The van der Waals surface area contributed by atoms with Crippen molar-refractivity contribution in [3.8, 4) is 11.4 Å². The zero-order chi connectivity index (χ0) is 13.6. The van der Waals surface area contributed by atoms with Crippen LogP contribution in [-0.2, 0) is 0 Å². The number of aryl methyl sites for hydroxylation is 1. The first kappa shape index (κ1) is 11.8. The summed E-state index contributed by atoms with van der Waals surface area (Å²) < 4.78 is 40.4. The Morgan fingerprint density at radius 3 is 2.53 bits per heavy atom. The molecule has 3 aromatic rings. The van der Waals surface area contributed by atoms with Gasteiger partial charge < -0.3 is 4.98 Å². The highest BCUT2D eigenvalue weighted by Crippen LogP contribution is 2.25. The van der Waals surface area contributed by atoms with Crippen LogP contribution >= 0.6 is 0 Å². The molecular weight excluding hydrogens is 253 g/mol. The molecule has 0 amide bonds. The van der Waals surface area contributed by atoms with Crippen LogP contribution in [0.5, 0.6) is 0 Å². The van der Waals surface area contributed by atoms with Gasteiger partial charge in [-0.25, -0.2) is 18.2 Å². The van der Waals surface area contributed by atoms with Gasteiger partial charge in [0.25, 0.3) is 0 Å². The van der Waals surface area contributed by atoms with Crippen molar-refractivity contribution >= 4 is 11.0 Å². The molecule has 1 heterocycles. The second kappa shape index (κ2) is 4.12. The van der Waals surface area contributed by atoms with Crippen molar-refractivity contribution in [1.29, 1.82) is 0 Å². The van der Waals surface area contributed by atoms with Crippen molar-refractivity contribution in [2.24, 2.45) is 0 Å². The molecule has 0 spiro atoms. The standard InChI is InChI=1S/C14H9F3N2/c1-7-2-3-8(10(16)6-7)14-18-11-5-4-9(15)12(17)13(11)19-14/h2-6H,1H3,(H,18,19). The van der Waals surface area contributed by atoms with Gasteiger partial charge in [-0.1, -0.05) is 6.07 Å². The molecule has 0 aliphatic rings. The molecule has 19 heavy (non-hydrogen) atoms. The summed E-state index contributed by atoms with van der Waals surface area (Å²) in [6.45, 7) is 1.76. The molecule has 2 aromatic carbocycles. The van der Waals surface area contributed by atoms with Crippen molar-refractivity contribution in [2.45, 2.75) is 6.92 Å². The highest BCUT2D eigenvalue weighted by Gasteiger charge is 2.14. The number of nitrogens with zero attached hydrogens (tertiary/aromatic N) is 1. The molecule has 96 valence electrons. The van der Waals surface area contributed by atoms with Crippen molar-refractivity contribution in [3.63, 3.8) is 0 Å². The van der Waals surface area contributed by atoms with E-state index in [4.69, 9.17) is 0 Å². The Labute approximate surface area is 106 Å². The van der Waals surface area contributed by atoms with Crippen LogP contribution in [0.3, 0.4) is 0 Å². The first-order chi connectivity index (χ1) is 9.06. The van der Waals surface area contributed by atoms with Crippen LogP contribution in [0.25, 0.3) is 22.4 Å². The second-order valence-electron chi connectivity index (χ2n) is 4.33. The van der Waals surface area contributed by atoms with E-state index in [1.165, 1.54) is 12.1 Å². The molecule has 0 atom stereocenters. The largest absolute Gasteiger partial charge is 0.338 e. The number of nitrogens with one attached hydrogen (secondary N) is 1. The van der Waals surface area contributed by atoms with Crippen molar-refractivity contribution in [1.82, 2.24) is 9.97 Å². The number of halogens is 3. The maximum atomic E-state index is 13.8. The van der Waals surface area contributed by atoms with Crippen molar-refractivity contribution < 1.29 is 13.2 Å². The predicted molar refractivity (Wildman–Crippen MR) is 66.1 cm³/mol. The minimum atomic E-state index is -1.03. The van der Waals surface area contributed by atoms with Gasteiger partial charge in [0.1, 0.15) is 17.2 Å².